The first kappa shape index (κ1) is 28.0. The Labute approximate surface area is 250 Å². The molecule has 6 fully saturated rings. The average Bonchev–Trinajstić information content (AvgIpc) is 3.39. The maximum Gasteiger partial charge on any atom is 0.163 e. The predicted molar refractivity (Wildman–Crippen MR) is 166 cm³/mol. The van der Waals surface area contributed by atoms with Crippen molar-refractivity contribution < 1.29 is 4.39 Å². The molecule has 2 aromatic heterocycles. The summed E-state index contributed by atoms with van der Waals surface area (Å²) in [5.74, 6) is 5.10. The van der Waals surface area contributed by atoms with Crippen molar-refractivity contribution in [3.8, 4) is 22.6 Å². The highest BCUT2D eigenvalue weighted by molar-refractivity contribution is 5.70. The fourth-order valence-electron chi connectivity index (χ4n) is 8.98. The third-order valence-electron chi connectivity index (χ3n) is 11.5. The van der Waals surface area contributed by atoms with Crippen molar-refractivity contribution in [1.29, 1.82) is 0 Å². The minimum atomic E-state index is -0.282. The summed E-state index contributed by atoms with van der Waals surface area (Å²) >= 11 is 0. The molecule has 0 radical (unpaired) electrons. The topological polar surface area (TPSA) is 59.7 Å². The van der Waals surface area contributed by atoms with Gasteiger partial charge in [0.05, 0.1) is 5.69 Å². The highest BCUT2D eigenvalue weighted by Crippen LogP contribution is 2.53. The van der Waals surface area contributed by atoms with Gasteiger partial charge in [-0.15, -0.1) is 0 Å². The van der Waals surface area contributed by atoms with Crippen LogP contribution in [0.2, 0.25) is 0 Å². The van der Waals surface area contributed by atoms with Crippen molar-refractivity contribution >= 4 is 5.82 Å². The SMILES string of the molecule is CC(C)N(c1cc(-c2cc(F)cc(-c3nc(C45CCC(CC4)CC5)nc(C45CCC(CC4)CC5)n3)c2)nn1C)C(C)C. The van der Waals surface area contributed by atoms with E-state index in [9.17, 15) is 0 Å². The van der Waals surface area contributed by atoms with Gasteiger partial charge in [0.2, 0.25) is 0 Å². The van der Waals surface area contributed by atoms with Crippen molar-refractivity contribution in [3.63, 3.8) is 0 Å². The van der Waals surface area contributed by atoms with Crippen LogP contribution in [0.5, 0.6) is 0 Å². The third kappa shape index (κ3) is 4.75. The van der Waals surface area contributed by atoms with E-state index in [4.69, 9.17) is 20.1 Å². The largest absolute Gasteiger partial charge is 0.352 e. The molecule has 6 nitrogen and oxygen atoms in total. The summed E-state index contributed by atoms with van der Waals surface area (Å²) in [5, 5.41) is 4.84. The third-order valence-corrected chi connectivity index (χ3v) is 11.5. The number of halogens is 1. The lowest BCUT2D eigenvalue weighted by molar-refractivity contribution is 0.117. The summed E-state index contributed by atoms with van der Waals surface area (Å²) in [4.78, 5) is 18.2. The van der Waals surface area contributed by atoms with Crippen LogP contribution >= 0.6 is 0 Å². The van der Waals surface area contributed by atoms with Crippen LogP contribution in [-0.4, -0.2) is 36.8 Å². The summed E-state index contributed by atoms with van der Waals surface area (Å²) < 4.78 is 17.3. The number of hydrogen-bond acceptors (Lipinski definition) is 5. The number of rotatable bonds is 7. The Morgan fingerprint density at radius 1 is 0.714 bits per heavy atom. The number of aromatic nitrogens is 5. The summed E-state index contributed by atoms with van der Waals surface area (Å²) in [6.45, 7) is 8.78. The summed E-state index contributed by atoms with van der Waals surface area (Å²) in [6, 6.07) is 7.97. The molecule has 0 atom stereocenters. The van der Waals surface area contributed by atoms with Crippen molar-refractivity contribution in [1.82, 2.24) is 24.7 Å². The molecule has 9 rings (SSSR count). The molecule has 1 aromatic carbocycles. The fourth-order valence-corrected chi connectivity index (χ4v) is 8.98. The van der Waals surface area contributed by atoms with Crippen molar-refractivity contribution in [2.75, 3.05) is 4.90 Å². The summed E-state index contributed by atoms with van der Waals surface area (Å²) in [5.41, 5.74) is 2.35. The minimum Gasteiger partial charge on any atom is -0.352 e. The van der Waals surface area contributed by atoms with Crippen LogP contribution < -0.4 is 4.90 Å². The Morgan fingerprint density at radius 2 is 1.19 bits per heavy atom. The van der Waals surface area contributed by atoms with E-state index in [0.29, 0.717) is 17.9 Å². The average molecular weight is 571 g/mol. The van der Waals surface area contributed by atoms with Crippen molar-refractivity contribution in [3.05, 3.63) is 41.7 Å². The Bertz CT molecular complexity index is 1370. The highest BCUT2D eigenvalue weighted by Gasteiger charge is 2.47. The lowest BCUT2D eigenvalue weighted by Gasteiger charge is -2.47. The van der Waals surface area contributed by atoms with Gasteiger partial charge < -0.3 is 4.90 Å². The van der Waals surface area contributed by atoms with E-state index in [1.807, 2.05) is 17.8 Å². The second-order valence-electron chi connectivity index (χ2n) is 14.7. The molecule has 42 heavy (non-hydrogen) atoms. The van der Waals surface area contributed by atoms with Crippen LogP contribution in [0.15, 0.2) is 24.3 Å². The highest BCUT2D eigenvalue weighted by atomic mass is 19.1. The van der Waals surface area contributed by atoms with E-state index in [2.05, 4.69) is 38.7 Å². The zero-order valence-corrected chi connectivity index (χ0v) is 26.2. The molecular weight excluding hydrogens is 523 g/mol. The molecule has 0 unspecified atom stereocenters. The van der Waals surface area contributed by atoms with Gasteiger partial charge in [-0.2, -0.15) is 5.10 Å². The molecule has 0 spiro atoms. The first-order valence-corrected chi connectivity index (χ1v) is 16.6. The summed E-state index contributed by atoms with van der Waals surface area (Å²) in [6.07, 6.45) is 14.7. The molecule has 6 saturated carbocycles. The van der Waals surface area contributed by atoms with Gasteiger partial charge in [-0.3, -0.25) is 4.68 Å². The maximum atomic E-state index is 15.4. The first-order valence-electron chi connectivity index (χ1n) is 16.6. The Balaban J connectivity index is 1.33. The molecule has 0 amide bonds. The molecule has 2 heterocycles. The van der Waals surface area contributed by atoms with E-state index in [1.165, 1.54) is 77.0 Å². The summed E-state index contributed by atoms with van der Waals surface area (Å²) in [7, 11) is 1.97. The lowest BCUT2D eigenvalue weighted by Crippen LogP contribution is -2.42. The second-order valence-corrected chi connectivity index (χ2v) is 14.7. The zero-order valence-electron chi connectivity index (χ0n) is 26.2. The van der Waals surface area contributed by atoms with Gasteiger partial charge in [-0.1, -0.05) is 0 Å². The van der Waals surface area contributed by atoms with Crippen LogP contribution in [-0.2, 0) is 17.9 Å². The van der Waals surface area contributed by atoms with Crippen LogP contribution in [0, 0.1) is 17.7 Å². The van der Waals surface area contributed by atoms with Crippen LogP contribution in [0.3, 0.4) is 0 Å². The second kappa shape index (κ2) is 10.4. The number of benzene rings is 1. The molecule has 0 saturated heterocycles. The number of anilines is 1. The smallest absolute Gasteiger partial charge is 0.163 e. The maximum absolute atomic E-state index is 15.4. The number of fused-ring (bicyclic) bond motifs is 6. The van der Waals surface area contributed by atoms with Crippen molar-refractivity contribution in [2.45, 2.75) is 128 Å². The van der Waals surface area contributed by atoms with Gasteiger partial charge in [-0.25, -0.2) is 19.3 Å². The normalized spacial score (nSPS) is 28.7. The molecule has 4 bridgehead atoms. The lowest BCUT2D eigenvalue weighted by atomic mass is 9.59. The molecule has 0 N–H and O–H groups in total. The monoisotopic (exact) mass is 570 g/mol. The van der Waals surface area contributed by atoms with E-state index in [1.54, 1.807) is 12.1 Å². The van der Waals surface area contributed by atoms with E-state index in [0.717, 1.165) is 46.1 Å². The minimum absolute atomic E-state index is 0.0485. The Kier molecular flexibility index (Phi) is 6.93. The van der Waals surface area contributed by atoms with Crippen molar-refractivity contribution in [2.24, 2.45) is 18.9 Å². The van der Waals surface area contributed by atoms with Gasteiger partial charge in [0.25, 0.3) is 0 Å². The molecule has 6 aliphatic carbocycles. The zero-order chi connectivity index (χ0) is 29.2. The molecule has 6 aliphatic rings. The van der Waals surface area contributed by atoms with E-state index >= 15 is 4.39 Å². The number of aryl methyl sites for hydroxylation is 1. The van der Waals surface area contributed by atoms with Gasteiger partial charge in [0, 0.05) is 47.2 Å². The number of nitrogens with zero attached hydrogens (tertiary/aromatic N) is 6. The first-order chi connectivity index (χ1) is 20.1. The van der Waals surface area contributed by atoms with Gasteiger partial charge >= 0.3 is 0 Å². The van der Waals surface area contributed by atoms with Gasteiger partial charge in [0.15, 0.2) is 5.82 Å². The molecule has 7 heteroatoms. The predicted octanol–water partition coefficient (Wildman–Crippen LogP) is 8.15. The standard InChI is InChI=1S/C35H47FN6/c1-22(2)42(23(3)4)30-21-29(40-41(30)5)26-18-27(20-28(36)19-26)31-37-32(34-12-6-24(7-13-34)8-14-34)39-33(38-31)35-15-9-25(10-16-35)11-17-35/h18-25H,6-17H2,1-5H3. The molecule has 3 aromatic rings. The Morgan fingerprint density at radius 3 is 1.67 bits per heavy atom. The van der Waals surface area contributed by atoms with Crippen LogP contribution in [0.4, 0.5) is 10.2 Å². The van der Waals surface area contributed by atoms with E-state index < -0.39 is 0 Å². The quantitative estimate of drug-likeness (QED) is 0.287. The Hall–Kier alpha value is -2.83. The van der Waals surface area contributed by atoms with Crippen LogP contribution in [0.25, 0.3) is 22.6 Å². The molecule has 224 valence electrons. The van der Waals surface area contributed by atoms with Crippen LogP contribution in [0.1, 0.15) is 116 Å². The molecular formula is C35H47FN6. The van der Waals surface area contributed by atoms with Gasteiger partial charge in [-0.05, 0) is 135 Å². The van der Waals surface area contributed by atoms with Gasteiger partial charge in [0.1, 0.15) is 23.3 Å². The molecule has 0 aliphatic heterocycles. The fraction of sp³-hybridized carbons (Fsp3) is 0.657. The number of hydrogen-bond donors (Lipinski definition) is 0. The van der Waals surface area contributed by atoms with E-state index in [-0.39, 0.29) is 16.6 Å².